The van der Waals surface area contributed by atoms with Crippen molar-refractivity contribution in [3.8, 4) is 0 Å². The van der Waals surface area contributed by atoms with E-state index in [0.717, 1.165) is 83.5 Å². The Morgan fingerprint density at radius 2 is 0.778 bits per heavy atom. The van der Waals surface area contributed by atoms with E-state index in [2.05, 4.69) is 81.5 Å². The number of aliphatic hydroxyl groups excluding tert-OH is 2. The molecule has 466 valence electrons. The van der Waals surface area contributed by atoms with Gasteiger partial charge in [0.1, 0.15) is 18.8 Å². The van der Waals surface area contributed by atoms with Crippen LogP contribution in [0.1, 0.15) is 290 Å². The molecule has 1 aliphatic heterocycles. The molecule has 1 fully saturated rings. The van der Waals surface area contributed by atoms with Crippen LogP contribution in [0.25, 0.3) is 0 Å². The summed E-state index contributed by atoms with van der Waals surface area (Å²) in [6.07, 6.45) is 60.2. The Labute approximate surface area is 493 Å². The van der Waals surface area contributed by atoms with Gasteiger partial charge in [-0.25, -0.2) is 4.79 Å². The summed E-state index contributed by atoms with van der Waals surface area (Å²) >= 11 is 0. The van der Waals surface area contributed by atoms with E-state index in [9.17, 15) is 34.5 Å². The first kappa shape index (κ1) is 75.2. The number of ether oxygens (including phenoxy) is 5. The Bertz CT molecular complexity index is 1680. The Morgan fingerprint density at radius 1 is 0.420 bits per heavy atom. The minimum Gasteiger partial charge on any atom is -0.479 e. The van der Waals surface area contributed by atoms with Gasteiger partial charge in [-0.15, -0.1) is 0 Å². The van der Waals surface area contributed by atoms with Gasteiger partial charge in [-0.2, -0.15) is 0 Å². The molecule has 6 unspecified atom stereocenters. The zero-order valence-electron chi connectivity index (χ0n) is 51.5. The van der Waals surface area contributed by atoms with Crippen LogP contribution < -0.4 is 0 Å². The number of carboxylic acid groups (broad SMARTS) is 1. The summed E-state index contributed by atoms with van der Waals surface area (Å²) in [4.78, 5) is 51.3. The lowest BCUT2D eigenvalue weighted by molar-refractivity contribution is -0.301. The average molecular weight is 1140 g/mol. The number of carbonyl (C=O) groups is 4. The molecule has 0 amide bonds. The van der Waals surface area contributed by atoms with Crippen molar-refractivity contribution < 1.29 is 58.2 Å². The fourth-order valence-electron chi connectivity index (χ4n) is 9.81. The molecule has 0 aromatic rings. The van der Waals surface area contributed by atoms with Gasteiger partial charge in [0.15, 0.2) is 24.6 Å². The smallest absolute Gasteiger partial charge is 0.335 e. The lowest BCUT2D eigenvalue weighted by Gasteiger charge is -2.40. The minimum atomic E-state index is -1.91. The third-order valence-corrected chi connectivity index (χ3v) is 14.8. The monoisotopic (exact) mass is 1140 g/mol. The molecular weight excluding hydrogens is 1020 g/mol. The lowest BCUT2D eigenvalue weighted by atomic mass is 9.98. The van der Waals surface area contributed by atoms with Crippen molar-refractivity contribution in [3.05, 3.63) is 72.9 Å². The highest BCUT2D eigenvalue weighted by molar-refractivity contribution is 5.74. The molecule has 1 heterocycles. The first-order valence-corrected chi connectivity index (χ1v) is 32.9. The van der Waals surface area contributed by atoms with Gasteiger partial charge in [0.2, 0.25) is 0 Å². The number of aliphatic hydroxyl groups is 2. The maximum atomic E-state index is 13.2. The summed E-state index contributed by atoms with van der Waals surface area (Å²) < 4.78 is 28.5. The van der Waals surface area contributed by atoms with Crippen LogP contribution in [0.4, 0.5) is 0 Å². The van der Waals surface area contributed by atoms with E-state index in [4.69, 9.17) is 23.7 Å². The Hall–Kier alpha value is -3.84. The highest BCUT2D eigenvalue weighted by Gasteiger charge is 2.50. The molecule has 1 rings (SSSR count). The van der Waals surface area contributed by atoms with Crippen molar-refractivity contribution in [2.24, 2.45) is 0 Å². The van der Waals surface area contributed by atoms with E-state index >= 15 is 0 Å². The maximum Gasteiger partial charge on any atom is 0.335 e. The molecule has 0 spiro atoms. The van der Waals surface area contributed by atoms with Crippen LogP contribution in [0.15, 0.2) is 72.9 Å². The zero-order valence-corrected chi connectivity index (χ0v) is 51.5. The van der Waals surface area contributed by atoms with Crippen LogP contribution in [0.2, 0.25) is 0 Å². The van der Waals surface area contributed by atoms with Gasteiger partial charge < -0.3 is 39.0 Å². The van der Waals surface area contributed by atoms with Crippen LogP contribution in [0, 0.1) is 0 Å². The van der Waals surface area contributed by atoms with E-state index in [1.165, 1.54) is 148 Å². The Balaban J connectivity index is 2.67. The number of carbonyl (C=O) groups excluding carboxylic acids is 3. The second kappa shape index (κ2) is 56.6. The molecule has 0 saturated carbocycles. The van der Waals surface area contributed by atoms with Crippen LogP contribution in [0.3, 0.4) is 0 Å². The SMILES string of the molecule is CC/C=C\C/C=C\C/C=C\C/C=C\C/C=C\C/C=C\CCC(=O)OCC(COC1OC(C(=O)O)C(O)C(O)C1OC(=O)CCCCCCCCCCCCCCCCCCCCC)OC(=O)CCCCCCCCCCCCCCC. The van der Waals surface area contributed by atoms with E-state index in [1.54, 1.807) is 0 Å². The molecule has 0 aliphatic carbocycles. The predicted octanol–water partition coefficient (Wildman–Crippen LogP) is 17.7. The van der Waals surface area contributed by atoms with Gasteiger partial charge in [0, 0.05) is 19.3 Å². The van der Waals surface area contributed by atoms with E-state index in [1.807, 2.05) is 12.2 Å². The Kier molecular flexibility index (Phi) is 52.6. The largest absolute Gasteiger partial charge is 0.479 e. The van der Waals surface area contributed by atoms with Gasteiger partial charge in [-0.3, -0.25) is 14.4 Å². The van der Waals surface area contributed by atoms with Crippen molar-refractivity contribution in [3.63, 3.8) is 0 Å². The number of allylic oxidation sites excluding steroid dienone is 12. The van der Waals surface area contributed by atoms with Gasteiger partial charge in [-0.05, 0) is 57.8 Å². The number of unbranched alkanes of at least 4 members (excludes halogenated alkanes) is 30. The van der Waals surface area contributed by atoms with Gasteiger partial charge in [0.05, 0.1) is 6.61 Å². The molecule has 1 aliphatic rings. The standard InChI is InChI=1S/C69H118O12/c1-4-7-10-13-16-19-22-25-27-29-31-33-35-38-40-43-46-49-52-55-61(70)77-58-60(79-62(71)56-53-50-47-44-41-37-24-21-18-15-12-9-6-3)59-78-69-67(65(74)64(73)66(81-69)68(75)76)80-63(72)57-54-51-48-45-42-39-36-34-32-30-28-26-23-20-17-14-11-8-5-2/h7,10,16,19,25,27,31,33,38,40,46,49,60,64-67,69,73-74H,4-6,8-9,11-15,17-18,20-24,26,28-30,32,34-37,39,41-45,47-48,50-59H2,1-3H3,(H,75,76)/b10-7-,19-16-,27-25-,33-31-,40-38-,49-46-. The second-order valence-corrected chi connectivity index (χ2v) is 22.4. The molecule has 12 nitrogen and oxygen atoms in total. The number of carboxylic acids is 1. The number of esters is 3. The molecule has 12 heteroatoms. The predicted molar refractivity (Wildman–Crippen MR) is 331 cm³/mol. The van der Waals surface area contributed by atoms with Crippen LogP contribution in [-0.2, 0) is 42.9 Å². The van der Waals surface area contributed by atoms with E-state index in [-0.39, 0.29) is 25.9 Å². The van der Waals surface area contributed by atoms with E-state index in [0.29, 0.717) is 19.3 Å². The third-order valence-electron chi connectivity index (χ3n) is 14.8. The highest BCUT2D eigenvalue weighted by Crippen LogP contribution is 2.27. The van der Waals surface area contributed by atoms with Crippen LogP contribution >= 0.6 is 0 Å². The topological polar surface area (TPSA) is 175 Å². The summed E-state index contributed by atoms with van der Waals surface area (Å²) in [5.74, 6) is -3.21. The first-order chi connectivity index (χ1) is 39.6. The summed E-state index contributed by atoms with van der Waals surface area (Å²) in [5.41, 5.74) is 0. The highest BCUT2D eigenvalue weighted by atomic mass is 16.7. The van der Waals surface area contributed by atoms with Gasteiger partial charge in [0.25, 0.3) is 0 Å². The number of rotatable bonds is 56. The summed E-state index contributed by atoms with van der Waals surface area (Å²) in [6.45, 7) is 5.85. The molecule has 0 aromatic heterocycles. The number of hydrogen-bond acceptors (Lipinski definition) is 11. The van der Waals surface area contributed by atoms with Crippen molar-refractivity contribution in [2.45, 2.75) is 327 Å². The molecule has 1 saturated heterocycles. The number of aliphatic carboxylic acids is 1. The number of hydrogen-bond donors (Lipinski definition) is 3. The molecule has 6 atom stereocenters. The average Bonchev–Trinajstić information content (AvgIpc) is 3.45. The quantitative estimate of drug-likeness (QED) is 0.0228. The first-order valence-electron chi connectivity index (χ1n) is 32.9. The minimum absolute atomic E-state index is 0.0568. The fourth-order valence-corrected chi connectivity index (χ4v) is 9.81. The normalized spacial score (nSPS) is 18.2. The van der Waals surface area contributed by atoms with Crippen LogP contribution in [0.5, 0.6) is 0 Å². The molecule has 0 aromatic carbocycles. The maximum absolute atomic E-state index is 13.2. The van der Waals surface area contributed by atoms with Crippen molar-refractivity contribution in [2.75, 3.05) is 13.2 Å². The van der Waals surface area contributed by atoms with Crippen molar-refractivity contribution in [1.82, 2.24) is 0 Å². The molecule has 81 heavy (non-hydrogen) atoms. The molecule has 0 bridgehead atoms. The molecular formula is C69H118O12. The van der Waals surface area contributed by atoms with Gasteiger partial charge >= 0.3 is 23.9 Å². The van der Waals surface area contributed by atoms with Crippen LogP contribution in [-0.4, -0.2) is 89.2 Å². The van der Waals surface area contributed by atoms with Crippen molar-refractivity contribution >= 4 is 23.9 Å². The summed E-state index contributed by atoms with van der Waals surface area (Å²) in [5, 5.41) is 31.6. The summed E-state index contributed by atoms with van der Waals surface area (Å²) in [6, 6.07) is 0. The molecule has 0 radical (unpaired) electrons. The van der Waals surface area contributed by atoms with E-state index < -0.39 is 67.3 Å². The Morgan fingerprint density at radius 3 is 1.16 bits per heavy atom. The summed E-state index contributed by atoms with van der Waals surface area (Å²) in [7, 11) is 0. The van der Waals surface area contributed by atoms with Crippen molar-refractivity contribution in [1.29, 1.82) is 0 Å². The molecule has 3 N–H and O–H groups in total. The lowest BCUT2D eigenvalue weighted by Crippen LogP contribution is -2.61. The fraction of sp³-hybridized carbons (Fsp3) is 0.768. The third kappa shape index (κ3) is 46.3. The zero-order chi connectivity index (χ0) is 58.9. The second-order valence-electron chi connectivity index (χ2n) is 22.4. The van der Waals surface area contributed by atoms with Gasteiger partial charge in [-0.1, -0.05) is 286 Å².